The molecular formula is C18H34N2. The molecule has 0 aromatic carbocycles. The van der Waals surface area contributed by atoms with Crippen LogP contribution in [0.3, 0.4) is 0 Å². The Kier molecular flexibility index (Phi) is 4.42. The Morgan fingerprint density at radius 2 is 1.65 bits per heavy atom. The van der Waals surface area contributed by atoms with Gasteiger partial charge in [-0.05, 0) is 69.2 Å². The number of rotatable bonds is 3. The topological polar surface area (TPSA) is 29.3 Å². The van der Waals surface area contributed by atoms with Crippen LogP contribution in [0.25, 0.3) is 0 Å². The largest absolute Gasteiger partial charge is 0.329 e. The first-order valence-electron chi connectivity index (χ1n) is 9.11. The number of likely N-dealkylation sites (tertiary alicyclic amines) is 1. The monoisotopic (exact) mass is 278 g/mol. The molecule has 3 aliphatic rings. The van der Waals surface area contributed by atoms with Gasteiger partial charge < -0.3 is 5.73 Å². The summed E-state index contributed by atoms with van der Waals surface area (Å²) in [6.45, 7) is 7.09. The molecule has 0 spiro atoms. The molecule has 1 aliphatic heterocycles. The average Bonchev–Trinajstić information content (AvgIpc) is 3.08. The summed E-state index contributed by atoms with van der Waals surface area (Å²) in [7, 11) is 0. The summed E-state index contributed by atoms with van der Waals surface area (Å²) in [5, 5.41) is 0. The lowest BCUT2D eigenvalue weighted by Gasteiger charge is -2.51. The van der Waals surface area contributed by atoms with Gasteiger partial charge in [0.1, 0.15) is 0 Å². The fourth-order valence-corrected chi connectivity index (χ4v) is 5.97. The smallest absolute Gasteiger partial charge is 0.0339 e. The number of hydrogen-bond donors (Lipinski definition) is 1. The quantitative estimate of drug-likeness (QED) is 0.851. The molecule has 3 rings (SSSR count). The molecule has 2 heteroatoms. The normalized spacial score (nSPS) is 44.2. The van der Waals surface area contributed by atoms with Crippen molar-refractivity contribution in [2.24, 2.45) is 23.5 Å². The van der Waals surface area contributed by atoms with E-state index >= 15 is 0 Å². The van der Waals surface area contributed by atoms with Crippen LogP contribution in [0.2, 0.25) is 0 Å². The summed E-state index contributed by atoms with van der Waals surface area (Å²) < 4.78 is 0. The second kappa shape index (κ2) is 5.96. The molecule has 2 saturated carbocycles. The second-order valence-electron chi connectivity index (χ2n) is 8.23. The Balaban J connectivity index is 1.79. The lowest BCUT2D eigenvalue weighted by Crippen LogP contribution is -2.60. The molecule has 2 aliphatic carbocycles. The highest BCUT2D eigenvalue weighted by Crippen LogP contribution is 2.45. The van der Waals surface area contributed by atoms with Gasteiger partial charge >= 0.3 is 0 Å². The molecule has 20 heavy (non-hydrogen) atoms. The van der Waals surface area contributed by atoms with Crippen molar-refractivity contribution in [1.82, 2.24) is 4.90 Å². The molecule has 0 aromatic heterocycles. The average molecular weight is 278 g/mol. The van der Waals surface area contributed by atoms with Crippen molar-refractivity contribution in [2.75, 3.05) is 13.1 Å². The molecule has 1 heterocycles. The van der Waals surface area contributed by atoms with Gasteiger partial charge in [0, 0.05) is 18.1 Å². The highest BCUT2D eigenvalue weighted by atomic mass is 15.3. The van der Waals surface area contributed by atoms with Crippen LogP contribution >= 0.6 is 0 Å². The van der Waals surface area contributed by atoms with Crippen LogP contribution in [0.1, 0.15) is 71.6 Å². The maximum atomic E-state index is 6.36. The first kappa shape index (κ1) is 14.8. The molecule has 3 fully saturated rings. The molecule has 3 unspecified atom stereocenters. The highest BCUT2D eigenvalue weighted by molar-refractivity contribution is 5.03. The summed E-state index contributed by atoms with van der Waals surface area (Å²) in [6.07, 6.45) is 12.8. The fourth-order valence-electron chi connectivity index (χ4n) is 5.97. The van der Waals surface area contributed by atoms with E-state index in [1.54, 1.807) is 0 Å². The van der Waals surface area contributed by atoms with Gasteiger partial charge in [-0.3, -0.25) is 4.90 Å². The van der Waals surface area contributed by atoms with E-state index in [1.165, 1.54) is 64.3 Å². The van der Waals surface area contributed by atoms with Gasteiger partial charge in [-0.25, -0.2) is 0 Å². The van der Waals surface area contributed by atoms with Gasteiger partial charge in [0.15, 0.2) is 0 Å². The van der Waals surface area contributed by atoms with Crippen molar-refractivity contribution in [2.45, 2.75) is 83.2 Å². The molecule has 0 amide bonds. The Hall–Kier alpha value is -0.0800. The molecule has 2 nitrogen and oxygen atoms in total. The molecule has 0 radical (unpaired) electrons. The lowest BCUT2D eigenvalue weighted by atomic mass is 9.70. The summed E-state index contributed by atoms with van der Waals surface area (Å²) in [4.78, 5) is 2.91. The fraction of sp³-hybridized carbons (Fsp3) is 1.00. The van der Waals surface area contributed by atoms with E-state index in [2.05, 4.69) is 18.7 Å². The molecule has 1 saturated heterocycles. The molecule has 3 atom stereocenters. The predicted molar refractivity (Wildman–Crippen MR) is 85.7 cm³/mol. The third kappa shape index (κ3) is 2.66. The van der Waals surface area contributed by atoms with Crippen molar-refractivity contribution < 1.29 is 0 Å². The van der Waals surface area contributed by atoms with E-state index in [-0.39, 0.29) is 0 Å². The number of nitrogens with two attached hydrogens (primary N) is 1. The van der Waals surface area contributed by atoms with Crippen molar-refractivity contribution in [1.29, 1.82) is 0 Å². The Labute approximate surface area is 125 Å². The van der Waals surface area contributed by atoms with Crippen LogP contribution in [0.15, 0.2) is 0 Å². The zero-order valence-electron chi connectivity index (χ0n) is 13.6. The minimum absolute atomic E-state index is 0.334. The summed E-state index contributed by atoms with van der Waals surface area (Å²) in [5.74, 6) is 2.69. The van der Waals surface area contributed by atoms with Crippen LogP contribution in [0, 0.1) is 17.8 Å². The third-order valence-electron chi connectivity index (χ3n) is 6.49. The second-order valence-corrected chi connectivity index (χ2v) is 8.23. The lowest BCUT2D eigenvalue weighted by molar-refractivity contribution is -0.00510. The Morgan fingerprint density at radius 3 is 2.25 bits per heavy atom. The van der Waals surface area contributed by atoms with Gasteiger partial charge in [-0.2, -0.15) is 0 Å². The van der Waals surface area contributed by atoms with E-state index in [4.69, 9.17) is 5.73 Å². The standard InChI is InChI=1S/C18H34N2/c1-14-10-15(2)12-18(11-14,13-19)20-9-5-8-17(20)16-6-3-4-7-16/h14-17H,3-13,19H2,1-2H3. The molecule has 0 aromatic rings. The van der Waals surface area contributed by atoms with Gasteiger partial charge in [0.2, 0.25) is 0 Å². The Bertz CT molecular complexity index is 311. The molecule has 2 N–H and O–H groups in total. The summed E-state index contributed by atoms with van der Waals surface area (Å²) in [6, 6.07) is 0.860. The minimum atomic E-state index is 0.334. The Morgan fingerprint density at radius 1 is 1.00 bits per heavy atom. The zero-order chi connectivity index (χ0) is 14.2. The van der Waals surface area contributed by atoms with Crippen LogP contribution in [-0.2, 0) is 0 Å². The van der Waals surface area contributed by atoms with Gasteiger partial charge in [0.25, 0.3) is 0 Å². The van der Waals surface area contributed by atoms with Crippen LogP contribution in [0.4, 0.5) is 0 Å². The first-order chi connectivity index (χ1) is 9.64. The molecule has 0 bridgehead atoms. The van der Waals surface area contributed by atoms with E-state index in [9.17, 15) is 0 Å². The maximum absolute atomic E-state index is 6.36. The van der Waals surface area contributed by atoms with Gasteiger partial charge in [0.05, 0.1) is 0 Å². The van der Waals surface area contributed by atoms with Crippen LogP contribution in [-0.4, -0.2) is 29.6 Å². The SMILES string of the molecule is CC1CC(C)CC(CN)(N2CCCC2C2CCCC2)C1. The molecule has 116 valence electrons. The number of nitrogens with zero attached hydrogens (tertiary/aromatic N) is 1. The van der Waals surface area contributed by atoms with Crippen LogP contribution < -0.4 is 5.73 Å². The van der Waals surface area contributed by atoms with Crippen LogP contribution in [0.5, 0.6) is 0 Å². The van der Waals surface area contributed by atoms with E-state index in [1.807, 2.05) is 0 Å². The van der Waals surface area contributed by atoms with E-state index in [0.717, 1.165) is 30.3 Å². The van der Waals surface area contributed by atoms with Gasteiger partial charge in [-0.15, -0.1) is 0 Å². The zero-order valence-corrected chi connectivity index (χ0v) is 13.6. The molecular weight excluding hydrogens is 244 g/mol. The number of hydrogen-bond acceptors (Lipinski definition) is 2. The first-order valence-corrected chi connectivity index (χ1v) is 9.11. The summed E-state index contributed by atoms with van der Waals surface area (Å²) >= 11 is 0. The summed E-state index contributed by atoms with van der Waals surface area (Å²) in [5.41, 5.74) is 6.70. The maximum Gasteiger partial charge on any atom is 0.0339 e. The van der Waals surface area contributed by atoms with Gasteiger partial charge in [-0.1, -0.05) is 26.7 Å². The van der Waals surface area contributed by atoms with E-state index < -0.39 is 0 Å². The van der Waals surface area contributed by atoms with E-state index in [0.29, 0.717) is 5.54 Å². The third-order valence-corrected chi connectivity index (χ3v) is 6.49. The van der Waals surface area contributed by atoms with Crippen molar-refractivity contribution in [3.63, 3.8) is 0 Å². The highest BCUT2D eigenvalue weighted by Gasteiger charge is 2.47. The predicted octanol–water partition coefficient (Wildman–Crippen LogP) is 3.79. The van der Waals surface area contributed by atoms with Crippen molar-refractivity contribution in [3.8, 4) is 0 Å². The van der Waals surface area contributed by atoms with Crippen molar-refractivity contribution >= 4 is 0 Å². The minimum Gasteiger partial charge on any atom is -0.329 e. The van der Waals surface area contributed by atoms with Crippen molar-refractivity contribution in [3.05, 3.63) is 0 Å².